The summed E-state index contributed by atoms with van der Waals surface area (Å²) in [5.74, 6) is 1.91. The molecule has 3 rings (SSSR count). The molecule has 0 fully saturated rings. The van der Waals surface area contributed by atoms with Crippen molar-refractivity contribution in [1.29, 1.82) is 0 Å². The quantitative estimate of drug-likeness (QED) is 0.694. The highest BCUT2D eigenvalue weighted by Crippen LogP contribution is 2.39. The Labute approximate surface area is 124 Å². The number of halogens is 1. The van der Waals surface area contributed by atoms with Gasteiger partial charge < -0.3 is 5.73 Å². The summed E-state index contributed by atoms with van der Waals surface area (Å²) in [6, 6.07) is 0. The van der Waals surface area contributed by atoms with Crippen molar-refractivity contribution in [2.24, 2.45) is 7.05 Å². The largest absolute Gasteiger partial charge is 0.382 e. The predicted molar refractivity (Wildman–Crippen MR) is 83.2 cm³/mol. The van der Waals surface area contributed by atoms with Crippen molar-refractivity contribution in [3.05, 3.63) is 17.5 Å². The summed E-state index contributed by atoms with van der Waals surface area (Å²) in [7, 11) is 1.94. The average molecular weight is 293 g/mol. The first-order valence-corrected chi connectivity index (χ1v) is 7.91. The number of aromatic nitrogens is 3. The molecule has 0 saturated heterocycles. The van der Waals surface area contributed by atoms with Gasteiger partial charge in [0.15, 0.2) is 5.82 Å². The Bertz CT molecular complexity index is 620. The molecule has 1 unspecified atom stereocenters. The van der Waals surface area contributed by atoms with Crippen LogP contribution in [0.1, 0.15) is 49.3 Å². The zero-order chi connectivity index (χ0) is 14.1. The Morgan fingerprint density at radius 3 is 3.10 bits per heavy atom. The molecule has 0 radical (unpaired) electrons. The lowest BCUT2D eigenvalue weighted by Gasteiger charge is -2.25. The summed E-state index contributed by atoms with van der Waals surface area (Å²) in [5, 5.41) is 5.66. The fourth-order valence-corrected chi connectivity index (χ4v) is 3.56. The van der Waals surface area contributed by atoms with Crippen LogP contribution in [0.25, 0.3) is 10.9 Å². The van der Waals surface area contributed by atoms with Crippen LogP contribution in [0.4, 0.5) is 5.82 Å². The number of nitrogen functional groups attached to an aromatic ring is 1. The van der Waals surface area contributed by atoms with Crippen molar-refractivity contribution in [2.75, 3.05) is 11.6 Å². The van der Waals surface area contributed by atoms with Gasteiger partial charge >= 0.3 is 0 Å². The highest BCUT2D eigenvalue weighted by molar-refractivity contribution is 6.17. The Morgan fingerprint density at radius 1 is 1.45 bits per heavy atom. The third-order valence-corrected chi connectivity index (χ3v) is 4.51. The summed E-state index contributed by atoms with van der Waals surface area (Å²) >= 11 is 5.80. The van der Waals surface area contributed by atoms with E-state index in [4.69, 9.17) is 17.3 Å². The second-order valence-electron chi connectivity index (χ2n) is 5.70. The molecule has 108 valence electrons. The summed E-state index contributed by atoms with van der Waals surface area (Å²) in [6.07, 6.45) is 9.03. The van der Waals surface area contributed by atoms with Gasteiger partial charge in [-0.25, -0.2) is 4.98 Å². The van der Waals surface area contributed by atoms with E-state index in [1.807, 2.05) is 11.7 Å². The topological polar surface area (TPSA) is 56.7 Å². The van der Waals surface area contributed by atoms with Gasteiger partial charge in [0.25, 0.3) is 0 Å². The second kappa shape index (κ2) is 5.60. The molecule has 0 spiro atoms. The van der Waals surface area contributed by atoms with Crippen molar-refractivity contribution >= 4 is 28.3 Å². The summed E-state index contributed by atoms with van der Waals surface area (Å²) in [4.78, 5) is 4.61. The van der Waals surface area contributed by atoms with Crippen LogP contribution in [-0.4, -0.2) is 20.6 Å². The van der Waals surface area contributed by atoms with Gasteiger partial charge in [-0.05, 0) is 43.6 Å². The Hall–Kier alpha value is -1.29. The maximum atomic E-state index is 6.06. The van der Waals surface area contributed by atoms with Crippen LogP contribution in [0.15, 0.2) is 6.20 Å². The Kier molecular flexibility index (Phi) is 3.83. The number of rotatable bonds is 4. The van der Waals surface area contributed by atoms with Crippen molar-refractivity contribution in [1.82, 2.24) is 14.8 Å². The molecule has 1 atom stereocenters. The number of hydrogen-bond acceptors (Lipinski definition) is 3. The van der Waals surface area contributed by atoms with Gasteiger partial charge in [-0.15, -0.1) is 11.6 Å². The van der Waals surface area contributed by atoms with E-state index in [-0.39, 0.29) is 0 Å². The minimum atomic E-state index is 0.570. The minimum Gasteiger partial charge on any atom is -0.382 e. The highest BCUT2D eigenvalue weighted by Gasteiger charge is 2.25. The molecular weight excluding hydrogens is 272 g/mol. The number of nitrogens with two attached hydrogens (primary N) is 1. The number of fused-ring (bicyclic) bond motifs is 3. The number of unbranched alkanes of at least 4 members (excludes halogenated alkanes) is 1. The first-order chi connectivity index (χ1) is 9.70. The predicted octanol–water partition coefficient (Wildman–Crippen LogP) is 3.38. The number of pyridine rings is 1. The van der Waals surface area contributed by atoms with Crippen LogP contribution in [0.5, 0.6) is 0 Å². The number of hydrogen-bond donors (Lipinski definition) is 1. The van der Waals surface area contributed by atoms with E-state index in [0.29, 0.717) is 11.7 Å². The molecular formula is C15H21ClN4. The van der Waals surface area contributed by atoms with E-state index >= 15 is 0 Å². The van der Waals surface area contributed by atoms with Crippen molar-refractivity contribution < 1.29 is 0 Å². The summed E-state index contributed by atoms with van der Waals surface area (Å²) < 4.78 is 1.84. The van der Waals surface area contributed by atoms with Crippen LogP contribution in [0.3, 0.4) is 0 Å². The summed E-state index contributed by atoms with van der Waals surface area (Å²) in [6.45, 7) is 0. The molecule has 0 saturated carbocycles. The van der Waals surface area contributed by atoms with Gasteiger partial charge in [0.1, 0.15) is 5.52 Å². The van der Waals surface area contributed by atoms with Crippen molar-refractivity contribution in [3.63, 3.8) is 0 Å². The van der Waals surface area contributed by atoms with Gasteiger partial charge in [-0.1, -0.05) is 6.42 Å². The number of nitrogens with zero attached hydrogens (tertiary/aromatic N) is 3. The Morgan fingerprint density at radius 2 is 2.30 bits per heavy atom. The molecule has 5 heteroatoms. The molecule has 20 heavy (non-hydrogen) atoms. The number of alkyl halides is 1. The highest BCUT2D eigenvalue weighted by atomic mass is 35.5. The number of aryl methyl sites for hydroxylation is 2. The van der Waals surface area contributed by atoms with Crippen LogP contribution in [-0.2, 0) is 13.5 Å². The van der Waals surface area contributed by atoms with E-state index < -0.39 is 0 Å². The molecule has 2 aromatic rings. The van der Waals surface area contributed by atoms with E-state index in [0.717, 1.165) is 24.2 Å². The smallest absolute Gasteiger partial charge is 0.152 e. The fourth-order valence-electron chi connectivity index (χ4n) is 3.37. The molecule has 1 aliphatic carbocycles. The van der Waals surface area contributed by atoms with E-state index in [1.54, 1.807) is 0 Å². The molecule has 0 bridgehead atoms. The molecule has 0 amide bonds. The van der Waals surface area contributed by atoms with Crippen LogP contribution >= 0.6 is 11.6 Å². The lowest BCUT2D eigenvalue weighted by atomic mass is 9.81. The van der Waals surface area contributed by atoms with E-state index in [9.17, 15) is 0 Å². The first kappa shape index (κ1) is 13.7. The maximum absolute atomic E-state index is 6.06. The van der Waals surface area contributed by atoms with Gasteiger partial charge in [-0.3, -0.25) is 4.68 Å². The van der Waals surface area contributed by atoms with Crippen molar-refractivity contribution in [2.45, 2.75) is 44.4 Å². The molecule has 2 N–H and O–H groups in total. The SMILES string of the molecule is Cn1cc2c3c(nc(N)c2n1)CCCC3CCCCCl. The third-order valence-electron chi connectivity index (χ3n) is 4.24. The monoisotopic (exact) mass is 292 g/mol. The molecule has 0 aliphatic heterocycles. The van der Waals surface area contributed by atoms with Gasteiger partial charge in [0.05, 0.1) is 0 Å². The molecule has 0 aromatic carbocycles. The molecule has 2 aromatic heterocycles. The van der Waals surface area contributed by atoms with Crippen LogP contribution < -0.4 is 5.73 Å². The third kappa shape index (κ3) is 2.37. The van der Waals surface area contributed by atoms with Crippen LogP contribution in [0.2, 0.25) is 0 Å². The van der Waals surface area contributed by atoms with Crippen LogP contribution in [0, 0.1) is 0 Å². The zero-order valence-corrected chi connectivity index (χ0v) is 12.7. The van der Waals surface area contributed by atoms with Gasteiger partial charge in [0, 0.05) is 30.2 Å². The van der Waals surface area contributed by atoms with Gasteiger partial charge in [-0.2, -0.15) is 5.10 Å². The maximum Gasteiger partial charge on any atom is 0.152 e. The van der Waals surface area contributed by atoms with Crippen molar-refractivity contribution in [3.8, 4) is 0 Å². The Balaban J connectivity index is 2.04. The zero-order valence-electron chi connectivity index (χ0n) is 11.9. The standard InChI is InChI=1S/C15H21ClN4/c1-20-9-11-13-10(5-2-3-8-16)6-4-7-12(13)18-15(17)14(11)19-20/h9-10H,2-8H2,1H3,(H2,17,18). The number of anilines is 1. The second-order valence-corrected chi connectivity index (χ2v) is 6.07. The normalized spacial score (nSPS) is 18.4. The van der Waals surface area contributed by atoms with E-state index in [1.165, 1.54) is 42.3 Å². The summed E-state index contributed by atoms with van der Waals surface area (Å²) in [5.41, 5.74) is 9.49. The molecule has 4 nitrogen and oxygen atoms in total. The fraction of sp³-hybridized carbons (Fsp3) is 0.600. The lowest BCUT2D eigenvalue weighted by molar-refractivity contribution is 0.500. The van der Waals surface area contributed by atoms with E-state index in [2.05, 4.69) is 16.3 Å². The molecule has 1 aliphatic rings. The first-order valence-electron chi connectivity index (χ1n) is 7.38. The van der Waals surface area contributed by atoms with Gasteiger partial charge in [0.2, 0.25) is 0 Å². The lowest BCUT2D eigenvalue weighted by Crippen LogP contribution is -2.13. The minimum absolute atomic E-state index is 0.570. The average Bonchev–Trinajstić information content (AvgIpc) is 2.81. The molecule has 2 heterocycles.